The summed E-state index contributed by atoms with van der Waals surface area (Å²) in [4.78, 5) is 34.1. The SMILES string of the molecule is CC(C(=O)NC1(C#Cc2cncc(C(=O)N3CCCC3)c2)CCCCC1)N1CCOCC1. The molecule has 1 aromatic heterocycles. The zero-order valence-corrected chi connectivity index (χ0v) is 19.1. The first kappa shape index (κ1) is 22.8. The number of amides is 2. The Morgan fingerprint density at radius 3 is 2.50 bits per heavy atom. The molecule has 0 radical (unpaired) electrons. The Bertz CT molecular complexity index is 873. The van der Waals surface area contributed by atoms with E-state index in [1.165, 1.54) is 6.42 Å². The van der Waals surface area contributed by atoms with Gasteiger partial charge < -0.3 is 15.0 Å². The summed E-state index contributed by atoms with van der Waals surface area (Å²) < 4.78 is 5.42. The Balaban J connectivity index is 1.49. The fraction of sp³-hybridized carbons (Fsp3) is 0.640. The van der Waals surface area contributed by atoms with Crippen LogP contribution in [0.2, 0.25) is 0 Å². The van der Waals surface area contributed by atoms with Crippen LogP contribution < -0.4 is 5.32 Å². The standard InChI is InChI=1S/C25H34N4O3/c1-20(28-13-15-32-16-14-28)23(30)27-25(8-3-2-4-9-25)10-7-21-17-22(19-26-18-21)24(31)29-11-5-6-12-29/h17-20H,2-6,8-9,11-16H2,1H3,(H,27,30). The maximum atomic E-state index is 13.1. The number of ether oxygens (including phenoxy) is 1. The van der Waals surface area contributed by atoms with E-state index < -0.39 is 5.54 Å². The number of morpholine rings is 1. The van der Waals surface area contributed by atoms with E-state index in [1.54, 1.807) is 12.4 Å². The summed E-state index contributed by atoms with van der Waals surface area (Å²) in [6.07, 6.45) is 10.4. The highest BCUT2D eigenvalue weighted by Gasteiger charge is 2.34. The second kappa shape index (κ2) is 10.5. The summed E-state index contributed by atoms with van der Waals surface area (Å²) in [5.74, 6) is 6.67. The maximum absolute atomic E-state index is 13.1. The Morgan fingerprint density at radius 2 is 1.78 bits per heavy atom. The van der Waals surface area contributed by atoms with Crippen LogP contribution >= 0.6 is 0 Å². The summed E-state index contributed by atoms with van der Waals surface area (Å²) in [5, 5.41) is 3.29. The molecule has 1 aromatic rings. The third-order valence-electron chi connectivity index (χ3n) is 6.87. The number of aromatic nitrogens is 1. The summed E-state index contributed by atoms with van der Waals surface area (Å²) in [6, 6.07) is 1.62. The number of carbonyl (C=O) groups excluding carboxylic acids is 2. The molecule has 3 heterocycles. The maximum Gasteiger partial charge on any atom is 0.255 e. The van der Waals surface area contributed by atoms with Gasteiger partial charge in [-0.1, -0.05) is 31.1 Å². The lowest BCUT2D eigenvalue weighted by Gasteiger charge is -2.37. The zero-order chi connectivity index (χ0) is 22.4. The first-order valence-corrected chi connectivity index (χ1v) is 12.0. The van der Waals surface area contributed by atoms with Gasteiger partial charge in [-0.3, -0.25) is 19.5 Å². The number of nitrogens with zero attached hydrogens (tertiary/aromatic N) is 3. The average Bonchev–Trinajstić information content (AvgIpc) is 3.38. The van der Waals surface area contributed by atoms with E-state index in [2.05, 4.69) is 27.0 Å². The summed E-state index contributed by atoms with van der Waals surface area (Å²) in [6.45, 7) is 6.47. The molecule has 3 aliphatic rings. The number of carbonyl (C=O) groups is 2. The van der Waals surface area contributed by atoms with Gasteiger partial charge in [-0.15, -0.1) is 0 Å². The molecule has 2 saturated heterocycles. The van der Waals surface area contributed by atoms with Crippen LogP contribution in [0.4, 0.5) is 0 Å². The first-order chi connectivity index (χ1) is 15.6. The number of hydrogen-bond acceptors (Lipinski definition) is 5. The molecule has 0 spiro atoms. The fourth-order valence-electron chi connectivity index (χ4n) is 4.83. The highest BCUT2D eigenvalue weighted by atomic mass is 16.5. The van der Waals surface area contributed by atoms with Crippen molar-refractivity contribution in [3.05, 3.63) is 29.6 Å². The highest BCUT2D eigenvalue weighted by Crippen LogP contribution is 2.28. The molecule has 7 nitrogen and oxygen atoms in total. The minimum Gasteiger partial charge on any atom is -0.379 e. The molecule has 172 valence electrons. The lowest BCUT2D eigenvalue weighted by atomic mass is 9.81. The Morgan fingerprint density at radius 1 is 1.06 bits per heavy atom. The quantitative estimate of drug-likeness (QED) is 0.730. The molecular weight excluding hydrogens is 404 g/mol. The molecule has 2 amide bonds. The topological polar surface area (TPSA) is 74.8 Å². The number of rotatable bonds is 4. The normalized spacial score (nSPS) is 22.0. The lowest BCUT2D eigenvalue weighted by molar-refractivity contribution is -0.129. The minimum atomic E-state index is -0.523. The summed E-state index contributed by atoms with van der Waals surface area (Å²) >= 11 is 0. The second-order valence-corrected chi connectivity index (χ2v) is 9.17. The molecule has 7 heteroatoms. The van der Waals surface area contributed by atoms with Crippen molar-refractivity contribution in [3.8, 4) is 11.8 Å². The predicted molar refractivity (Wildman–Crippen MR) is 122 cm³/mol. The van der Waals surface area contributed by atoms with Gasteiger partial charge in [0.25, 0.3) is 5.91 Å². The molecule has 1 saturated carbocycles. The van der Waals surface area contributed by atoms with Crippen LogP contribution in [0.25, 0.3) is 0 Å². The van der Waals surface area contributed by atoms with Gasteiger partial charge in [0.2, 0.25) is 5.91 Å². The van der Waals surface area contributed by atoms with E-state index in [0.29, 0.717) is 18.8 Å². The van der Waals surface area contributed by atoms with Crippen LogP contribution in [0.5, 0.6) is 0 Å². The van der Waals surface area contributed by atoms with Crippen molar-refractivity contribution in [2.75, 3.05) is 39.4 Å². The molecule has 3 fully saturated rings. The molecule has 1 atom stereocenters. The van der Waals surface area contributed by atoms with Crippen LogP contribution in [-0.4, -0.2) is 77.6 Å². The van der Waals surface area contributed by atoms with Crippen molar-refractivity contribution in [2.45, 2.75) is 63.5 Å². The third kappa shape index (κ3) is 5.48. The molecular formula is C25H34N4O3. The Kier molecular flexibility index (Phi) is 7.44. The molecule has 4 rings (SSSR count). The molecule has 1 N–H and O–H groups in total. The van der Waals surface area contributed by atoms with Crippen LogP contribution in [-0.2, 0) is 9.53 Å². The van der Waals surface area contributed by atoms with Crippen molar-refractivity contribution in [1.29, 1.82) is 0 Å². The highest BCUT2D eigenvalue weighted by molar-refractivity contribution is 5.94. The van der Waals surface area contributed by atoms with Gasteiger partial charge in [-0.2, -0.15) is 0 Å². The monoisotopic (exact) mass is 438 g/mol. The summed E-state index contributed by atoms with van der Waals surface area (Å²) in [7, 11) is 0. The number of pyridine rings is 1. The van der Waals surface area contributed by atoms with Gasteiger partial charge in [0.15, 0.2) is 0 Å². The third-order valence-corrected chi connectivity index (χ3v) is 6.87. The number of nitrogens with one attached hydrogen (secondary N) is 1. The van der Waals surface area contributed by atoms with Gasteiger partial charge in [0.05, 0.1) is 24.8 Å². The van der Waals surface area contributed by atoms with Crippen molar-refractivity contribution in [1.82, 2.24) is 20.1 Å². The Labute approximate surface area is 190 Å². The molecule has 1 aliphatic carbocycles. The molecule has 0 bridgehead atoms. The Hall–Kier alpha value is -2.43. The van der Waals surface area contributed by atoms with Gasteiger partial charge in [0.1, 0.15) is 5.54 Å². The van der Waals surface area contributed by atoms with E-state index in [0.717, 1.165) is 70.3 Å². The van der Waals surface area contributed by atoms with Crippen molar-refractivity contribution >= 4 is 11.8 Å². The molecule has 2 aliphatic heterocycles. The van der Waals surface area contributed by atoms with Crippen molar-refractivity contribution in [3.63, 3.8) is 0 Å². The van der Waals surface area contributed by atoms with Crippen LogP contribution in [0.15, 0.2) is 18.5 Å². The van der Waals surface area contributed by atoms with Gasteiger partial charge >= 0.3 is 0 Å². The van der Waals surface area contributed by atoms with Crippen LogP contribution in [0, 0.1) is 11.8 Å². The van der Waals surface area contributed by atoms with E-state index >= 15 is 0 Å². The van der Waals surface area contributed by atoms with Gasteiger partial charge in [0, 0.05) is 44.1 Å². The number of hydrogen-bond donors (Lipinski definition) is 1. The smallest absolute Gasteiger partial charge is 0.255 e. The largest absolute Gasteiger partial charge is 0.379 e. The molecule has 32 heavy (non-hydrogen) atoms. The molecule has 0 aromatic carbocycles. The second-order valence-electron chi connectivity index (χ2n) is 9.17. The minimum absolute atomic E-state index is 0.0265. The van der Waals surface area contributed by atoms with E-state index in [-0.39, 0.29) is 17.9 Å². The predicted octanol–water partition coefficient (Wildman–Crippen LogP) is 2.21. The summed E-state index contributed by atoms with van der Waals surface area (Å²) in [5.41, 5.74) is 0.780. The first-order valence-electron chi connectivity index (χ1n) is 12.0. The van der Waals surface area contributed by atoms with Crippen LogP contribution in [0.3, 0.4) is 0 Å². The van der Waals surface area contributed by atoms with E-state index in [9.17, 15) is 9.59 Å². The van der Waals surface area contributed by atoms with Gasteiger partial charge in [-0.25, -0.2) is 0 Å². The fourth-order valence-corrected chi connectivity index (χ4v) is 4.83. The van der Waals surface area contributed by atoms with Crippen molar-refractivity contribution < 1.29 is 14.3 Å². The number of likely N-dealkylation sites (tertiary alicyclic amines) is 1. The lowest BCUT2D eigenvalue weighted by Crippen LogP contribution is -2.56. The zero-order valence-electron chi connectivity index (χ0n) is 19.1. The van der Waals surface area contributed by atoms with Gasteiger partial charge in [-0.05, 0) is 38.7 Å². The van der Waals surface area contributed by atoms with Crippen LogP contribution in [0.1, 0.15) is 67.8 Å². The van der Waals surface area contributed by atoms with Crippen molar-refractivity contribution in [2.24, 2.45) is 0 Å². The average molecular weight is 439 g/mol. The van der Waals surface area contributed by atoms with E-state index in [4.69, 9.17) is 4.74 Å². The molecule has 1 unspecified atom stereocenters. The van der Waals surface area contributed by atoms with E-state index in [1.807, 2.05) is 17.9 Å².